The van der Waals surface area contributed by atoms with Crippen molar-refractivity contribution in [3.63, 3.8) is 0 Å². The summed E-state index contributed by atoms with van der Waals surface area (Å²) in [6.07, 6.45) is 0.332. The quantitative estimate of drug-likeness (QED) is 0.719. The van der Waals surface area contributed by atoms with E-state index in [1.807, 2.05) is 25.1 Å². The molecule has 1 aliphatic rings. The summed E-state index contributed by atoms with van der Waals surface area (Å²) in [7, 11) is 0. The summed E-state index contributed by atoms with van der Waals surface area (Å²) in [5.41, 5.74) is 8.86. The van der Waals surface area contributed by atoms with Crippen LogP contribution in [0.15, 0.2) is 36.4 Å². The van der Waals surface area contributed by atoms with Gasteiger partial charge >= 0.3 is 0 Å². The van der Waals surface area contributed by atoms with Crippen LogP contribution < -0.4 is 10.5 Å². The summed E-state index contributed by atoms with van der Waals surface area (Å²) in [6, 6.07) is 11.1. The minimum absolute atomic E-state index is 0.00690. The molecule has 90 valence electrons. The monoisotopic (exact) mass is 239 g/mol. The molecule has 1 heterocycles. The molecule has 0 radical (unpaired) electrons. The van der Waals surface area contributed by atoms with Crippen molar-refractivity contribution in [3.8, 4) is 11.5 Å². The molecule has 2 N–H and O–H groups in total. The molecular weight excluding hydrogens is 226 g/mol. The number of ketones is 1. The van der Waals surface area contributed by atoms with Gasteiger partial charge in [0.05, 0.1) is 5.56 Å². The summed E-state index contributed by atoms with van der Waals surface area (Å²) in [5, 5.41) is 0. The van der Waals surface area contributed by atoms with Gasteiger partial charge in [-0.25, -0.2) is 0 Å². The maximum atomic E-state index is 12.2. The number of hydrogen-bond donors (Lipinski definition) is 1. The van der Waals surface area contributed by atoms with Crippen LogP contribution in [0, 0.1) is 6.92 Å². The van der Waals surface area contributed by atoms with E-state index in [1.165, 1.54) is 0 Å². The van der Waals surface area contributed by atoms with E-state index in [1.54, 1.807) is 18.2 Å². The molecule has 18 heavy (non-hydrogen) atoms. The second-order valence-electron chi connectivity index (χ2n) is 4.53. The van der Waals surface area contributed by atoms with Crippen LogP contribution in [-0.2, 0) is 6.42 Å². The predicted molar refractivity (Wildman–Crippen MR) is 70.1 cm³/mol. The second kappa shape index (κ2) is 3.88. The Hall–Kier alpha value is -2.29. The number of benzene rings is 2. The van der Waals surface area contributed by atoms with Crippen molar-refractivity contribution >= 4 is 11.5 Å². The van der Waals surface area contributed by atoms with Crippen LogP contribution in [0.5, 0.6) is 11.5 Å². The lowest BCUT2D eigenvalue weighted by Gasteiger charge is -2.09. The van der Waals surface area contributed by atoms with Crippen molar-refractivity contribution in [2.24, 2.45) is 0 Å². The van der Waals surface area contributed by atoms with Crippen LogP contribution in [0.25, 0.3) is 0 Å². The lowest BCUT2D eigenvalue weighted by molar-refractivity contribution is 0.0994. The molecule has 0 spiro atoms. The first-order chi connectivity index (χ1) is 8.65. The number of anilines is 1. The van der Waals surface area contributed by atoms with Crippen molar-refractivity contribution in [3.05, 3.63) is 53.1 Å². The summed E-state index contributed by atoms with van der Waals surface area (Å²) >= 11 is 0. The molecule has 0 aromatic heterocycles. The zero-order valence-electron chi connectivity index (χ0n) is 10.1. The van der Waals surface area contributed by atoms with E-state index in [2.05, 4.69) is 0 Å². The summed E-state index contributed by atoms with van der Waals surface area (Å²) < 4.78 is 5.81. The zero-order valence-corrected chi connectivity index (χ0v) is 10.1. The largest absolute Gasteiger partial charge is 0.456 e. The Kier molecular flexibility index (Phi) is 2.33. The molecule has 0 bridgehead atoms. The topological polar surface area (TPSA) is 52.3 Å². The van der Waals surface area contributed by atoms with Gasteiger partial charge in [0.15, 0.2) is 5.78 Å². The van der Waals surface area contributed by atoms with Gasteiger partial charge in [0.25, 0.3) is 0 Å². The highest BCUT2D eigenvalue weighted by Gasteiger charge is 2.23. The van der Waals surface area contributed by atoms with Gasteiger partial charge in [0.1, 0.15) is 11.5 Å². The third-order valence-electron chi connectivity index (χ3n) is 3.12. The maximum absolute atomic E-state index is 12.2. The van der Waals surface area contributed by atoms with E-state index in [0.29, 0.717) is 23.4 Å². The molecule has 0 amide bonds. The smallest absolute Gasteiger partial charge is 0.173 e. The lowest BCUT2D eigenvalue weighted by atomic mass is 10.0. The van der Waals surface area contributed by atoms with E-state index >= 15 is 0 Å². The Balaban J connectivity index is 2.19. The summed E-state index contributed by atoms with van der Waals surface area (Å²) in [4.78, 5) is 12.2. The lowest BCUT2D eigenvalue weighted by Crippen LogP contribution is -2.05. The minimum atomic E-state index is 0.00690. The Bertz CT molecular complexity index is 647. The Labute approximate surface area is 105 Å². The number of carbonyl (C=O) groups excluding carboxylic acids is 1. The average molecular weight is 239 g/mol. The zero-order chi connectivity index (χ0) is 12.7. The van der Waals surface area contributed by atoms with Gasteiger partial charge in [-0.15, -0.1) is 0 Å². The molecule has 3 nitrogen and oxygen atoms in total. The van der Waals surface area contributed by atoms with Gasteiger partial charge in [-0.05, 0) is 25.1 Å². The van der Waals surface area contributed by atoms with E-state index < -0.39 is 0 Å². The van der Waals surface area contributed by atoms with Gasteiger partial charge in [-0.1, -0.05) is 23.8 Å². The SMILES string of the molecule is Cc1ccc2c(c1)CC(=O)c1c(N)cccc1O2. The van der Waals surface area contributed by atoms with Crippen LogP contribution in [0.1, 0.15) is 21.5 Å². The van der Waals surface area contributed by atoms with E-state index in [0.717, 1.165) is 16.9 Å². The van der Waals surface area contributed by atoms with Crippen molar-refractivity contribution in [2.45, 2.75) is 13.3 Å². The van der Waals surface area contributed by atoms with Gasteiger partial charge in [-0.3, -0.25) is 4.79 Å². The van der Waals surface area contributed by atoms with Crippen LogP contribution in [0.3, 0.4) is 0 Å². The number of carbonyl (C=O) groups is 1. The number of Topliss-reactive ketones (excluding diaryl/α,β-unsaturated/α-hetero) is 1. The molecule has 0 unspecified atom stereocenters. The highest BCUT2D eigenvalue weighted by Crippen LogP contribution is 2.36. The molecule has 3 rings (SSSR count). The van der Waals surface area contributed by atoms with Gasteiger partial charge in [0, 0.05) is 17.7 Å². The molecule has 2 aromatic rings. The molecular formula is C15H13NO2. The van der Waals surface area contributed by atoms with Crippen LogP contribution in [0.4, 0.5) is 5.69 Å². The van der Waals surface area contributed by atoms with Crippen molar-refractivity contribution in [2.75, 3.05) is 5.73 Å². The molecule has 0 atom stereocenters. The number of ether oxygens (including phenoxy) is 1. The highest BCUT2D eigenvalue weighted by atomic mass is 16.5. The fourth-order valence-corrected chi connectivity index (χ4v) is 2.26. The normalized spacial score (nSPS) is 13.3. The standard InChI is InChI=1S/C15H13NO2/c1-9-5-6-13-10(7-9)8-12(17)15-11(16)3-2-4-14(15)18-13/h2-7H,8,16H2,1H3. The van der Waals surface area contributed by atoms with Gasteiger partial charge < -0.3 is 10.5 Å². The first-order valence-electron chi connectivity index (χ1n) is 5.84. The molecule has 3 heteroatoms. The molecule has 0 saturated heterocycles. The molecule has 0 saturated carbocycles. The molecule has 1 aliphatic heterocycles. The fourth-order valence-electron chi connectivity index (χ4n) is 2.26. The molecule has 0 fully saturated rings. The first kappa shape index (κ1) is 10.8. The van der Waals surface area contributed by atoms with Gasteiger partial charge in [0.2, 0.25) is 0 Å². The Morgan fingerprint density at radius 1 is 1.17 bits per heavy atom. The minimum Gasteiger partial charge on any atom is -0.456 e. The summed E-state index contributed by atoms with van der Waals surface area (Å²) in [5.74, 6) is 1.29. The average Bonchev–Trinajstić information content (AvgIpc) is 2.45. The van der Waals surface area contributed by atoms with Crippen molar-refractivity contribution in [1.29, 1.82) is 0 Å². The highest BCUT2D eigenvalue weighted by molar-refractivity contribution is 6.05. The molecule has 2 aromatic carbocycles. The number of fused-ring (bicyclic) bond motifs is 2. The van der Waals surface area contributed by atoms with E-state index in [4.69, 9.17) is 10.5 Å². The number of nitrogen functional groups attached to an aromatic ring is 1. The third kappa shape index (κ3) is 1.64. The van der Waals surface area contributed by atoms with Crippen LogP contribution in [-0.4, -0.2) is 5.78 Å². The number of nitrogens with two attached hydrogens (primary N) is 1. The van der Waals surface area contributed by atoms with E-state index in [9.17, 15) is 4.79 Å². The summed E-state index contributed by atoms with van der Waals surface area (Å²) in [6.45, 7) is 2.00. The van der Waals surface area contributed by atoms with Crippen LogP contribution >= 0.6 is 0 Å². The maximum Gasteiger partial charge on any atom is 0.173 e. The van der Waals surface area contributed by atoms with Crippen molar-refractivity contribution < 1.29 is 9.53 Å². The predicted octanol–water partition coefficient (Wildman–Crippen LogP) is 3.11. The molecule has 0 aliphatic carbocycles. The number of rotatable bonds is 0. The third-order valence-corrected chi connectivity index (χ3v) is 3.12. The Morgan fingerprint density at radius 3 is 2.83 bits per heavy atom. The first-order valence-corrected chi connectivity index (χ1v) is 5.84. The van der Waals surface area contributed by atoms with Crippen molar-refractivity contribution in [1.82, 2.24) is 0 Å². The number of aryl methyl sites for hydroxylation is 1. The second-order valence-corrected chi connectivity index (χ2v) is 4.53. The Morgan fingerprint density at radius 2 is 2.00 bits per heavy atom. The van der Waals surface area contributed by atoms with Gasteiger partial charge in [-0.2, -0.15) is 0 Å². The number of hydrogen-bond acceptors (Lipinski definition) is 3. The van der Waals surface area contributed by atoms with E-state index in [-0.39, 0.29) is 5.78 Å². The fraction of sp³-hybridized carbons (Fsp3) is 0.133. The van der Waals surface area contributed by atoms with Crippen LogP contribution in [0.2, 0.25) is 0 Å².